The lowest BCUT2D eigenvalue weighted by Gasteiger charge is -2.24. The highest BCUT2D eigenvalue weighted by atomic mass is 35.5. The number of nitrogens with one attached hydrogen (secondary N) is 1. The van der Waals surface area contributed by atoms with E-state index >= 15 is 0 Å². The van der Waals surface area contributed by atoms with E-state index < -0.39 is 0 Å². The van der Waals surface area contributed by atoms with Gasteiger partial charge in [-0.1, -0.05) is 56.2 Å². The number of hydrogen-bond donors (Lipinski definition) is 1. The Morgan fingerprint density at radius 3 is 2.50 bits per heavy atom. The number of benzene rings is 1. The molecule has 1 atom stereocenters. The van der Waals surface area contributed by atoms with Crippen molar-refractivity contribution in [3.8, 4) is 0 Å². The Balaban J connectivity index is 2.13. The maximum atomic E-state index is 13.5. The molecule has 20 heavy (non-hydrogen) atoms. The lowest BCUT2D eigenvalue weighted by atomic mass is 9.89. The van der Waals surface area contributed by atoms with Crippen molar-refractivity contribution >= 4 is 11.6 Å². The number of aryl methyl sites for hydroxylation is 1. The molecule has 112 valence electrons. The monoisotopic (exact) mass is 297 g/mol. The number of hydrogen-bond acceptors (Lipinski definition) is 1. The third kappa shape index (κ3) is 3.95. The van der Waals surface area contributed by atoms with Gasteiger partial charge in [0.1, 0.15) is 5.82 Å². The van der Waals surface area contributed by atoms with E-state index in [9.17, 15) is 4.39 Å². The van der Waals surface area contributed by atoms with E-state index in [4.69, 9.17) is 11.6 Å². The molecule has 3 heteroatoms. The molecular weight excluding hydrogens is 273 g/mol. The minimum atomic E-state index is -0.219. The Bertz CT molecular complexity index is 439. The van der Waals surface area contributed by atoms with E-state index in [1.54, 1.807) is 6.92 Å². The normalized spacial score (nSPS) is 18.8. The highest BCUT2D eigenvalue weighted by Crippen LogP contribution is 2.34. The molecule has 0 aliphatic heterocycles. The van der Waals surface area contributed by atoms with Crippen LogP contribution in [0.2, 0.25) is 5.02 Å². The van der Waals surface area contributed by atoms with E-state index in [1.165, 1.54) is 44.6 Å². The van der Waals surface area contributed by atoms with Gasteiger partial charge in [-0.2, -0.15) is 0 Å². The second-order valence-electron chi connectivity index (χ2n) is 6.06. The van der Waals surface area contributed by atoms with Crippen molar-refractivity contribution in [3.63, 3.8) is 0 Å². The van der Waals surface area contributed by atoms with Gasteiger partial charge in [-0.15, -0.1) is 0 Å². The largest absolute Gasteiger partial charge is 0.313 e. The summed E-state index contributed by atoms with van der Waals surface area (Å²) in [7, 11) is 1.97. The standard InChI is InChI=1S/C17H25ClFN/c1-12-9-14(15(18)11-16(12)19)17(20-2)10-13-7-5-3-4-6-8-13/h9,11,13,17,20H,3-8,10H2,1-2H3. The van der Waals surface area contributed by atoms with E-state index in [0.717, 1.165) is 17.9 Å². The van der Waals surface area contributed by atoms with Crippen LogP contribution in [-0.4, -0.2) is 7.05 Å². The van der Waals surface area contributed by atoms with Crippen LogP contribution >= 0.6 is 11.6 Å². The van der Waals surface area contributed by atoms with Gasteiger partial charge in [0, 0.05) is 11.1 Å². The SMILES string of the molecule is CNC(CC1CCCCCC1)c1cc(C)c(F)cc1Cl. The fourth-order valence-electron chi connectivity index (χ4n) is 3.28. The molecule has 1 fully saturated rings. The van der Waals surface area contributed by atoms with E-state index in [2.05, 4.69) is 5.32 Å². The molecule has 1 nitrogen and oxygen atoms in total. The number of rotatable bonds is 4. The molecule has 2 rings (SSSR count). The third-order valence-corrected chi connectivity index (χ3v) is 4.87. The molecule has 1 unspecified atom stereocenters. The molecular formula is C17H25ClFN. The van der Waals surface area contributed by atoms with E-state index in [0.29, 0.717) is 10.6 Å². The van der Waals surface area contributed by atoms with Crippen molar-refractivity contribution in [1.82, 2.24) is 5.32 Å². The predicted molar refractivity (Wildman–Crippen MR) is 83.8 cm³/mol. The maximum Gasteiger partial charge on any atom is 0.127 e. The first-order valence-corrected chi connectivity index (χ1v) is 8.12. The first-order chi connectivity index (χ1) is 9.61. The van der Waals surface area contributed by atoms with E-state index in [-0.39, 0.29) is 11.9 Å². The summed E-state index contributed by atoms with van der Waals surface area (Å²) < 4.78 is 13.5. The molecule has 0 radical (unpaired) electrons. The topological polar surface area (TPSA) is 12.0 Å². The number of halogens is 2. The average Bonchev–Trinajstić information content (AvgIpc) is 2.69. The lowest BCUT2D eigenvalue weighted by Crippen LogP contribution is -2.20. The van der Waals surface area contributed by atoms with Crippen LogP contribution in [0.25, 0.3) is 0 Å². The third-order valence-electron chi connectivity index (χ3n) is 4.55. The first kappa shape index (κ1) is 15.8. The molecule has 1 aromatic rings. The van der Waals surface area contributed by atoms with Gasteiger partial charge in [-0.3, -0.25) is 0 Å². The molecule has 0 bridgehead atoms. The fraction of sp³-hybridized carbons (Fsp3) is 0.647. The molecule has 0 spiro atoms. The van der Waals surface area contributed by atoms with Crippen molar-refractivity contribution in [1.29, 1.82) is 0 Å². The minimum Gasteiger partial charge on any atom is -0.313 e. The van der Waals surface area contributed by atoms with Gasteiger partial charge < -0.3 is 5.32 Å². The van der Waals surface area contributed by atoms with Gasteiger partial charge in [0.2, 0.25) is 0 Å². The summed E-state index contributed by atoms with van der Waals surface area (Å²) in [6, 6.07) is 3.57. The quantitative estimate of drug-likeness (QED) is 0.733. The maximum absolute atomic E-state index is 13.5. The Kier molecular flexibility index (Phi) is 5.86. The lowest BCUT2D eigenvalue weighted by molar-refractivity contribution is 0.368. The van der Waals surface area contributed by atoms with Crippen molar-refractivity contribution in [2.24, 2.45) is 5.92 Å². The zero-order valence-corrected chi connectivity index (χ0v) is 13.3. The zero-order chi connectivity index (χ0) is 14.5. The summed E-state index contributed by atoms with van der Waals surface area (Å²) >= 11 is 6.24. The van der Waals surface area contributed by atoms with Crippen molar-refractivity contribution in [2.45, 2.75) is 57.9 Å². The molecule has 0 amide bonds. The van der Waals surface area contributed by atoms with Crippen LogP contribution in [0.4, 0.5) is 4.39 Å². The molecule has 1 saturated carbocycles. The van der Waals surface area contributed by atoms with Crippen molar-refractivity contribution < 1.29 is 4.39 Å². The van der Waals surface area contributed by atoms with Gasteiger partial charge in [-0.05, 0) is 43.5 Å². The smallest absolute Gasteiger partial charge is 0.127 e. The van der Waals surface area contributed by atoms with Crippen LogP contribution in [0.3, 0.4) is 0 Å². The van der Waals surface area contributed by atoms with Gasteiger partial charge >= 0.3 is 0 Å². The molecule has 1 N–H and O–H groups in total. The molecule has 0 saturated heterocycles. The van der Waals surface area contributed by atoms with Crippen LogP contribution in [0.5, 0.6) is 0 Å². The summed E-state index contributed by atoms with van der Waals surface area (Å²) in [6.45, 7) is 1.80. The van der Waals surface area contributed by atoms with Gasteiger partial charge in [0.15, 0.2) is 0 Å². The van der Waals surface area contributed by atoms with Gasteiger partial charge in [-0.25, -0.2) is 4.39 Å². The summed E-state index contributed by atoms with van der Waals surface area (Å²) in [4.78, 5) is 0. The Hall–Kier alpha value is -0.600. The highest BCUT2D eigenvalue weighted by molar-refractivity contribution is 6.31. The van der Waals surface area contributed by atoms with Crippen LogP contribution in [-0.2, 0) is 0 Å². The fourth-order valence-corrected chi connectivity index (χ4v) is 3.56. The van der Waals surface area contributed by atoms with Crippen LogP contribution in [0.15, 0.2) is 12.1 Å². The molecule has 1 aromatic carbocycles. The summed E-state index contributed by atoms with van der Waals surface area (Å²) in [5, 5.41) is 3.91. The molecule has 0 aromatic heterocycles. The van der Waals surface area contributed by atoms with E-state index in [1.807, 2.05) is 13.1 Å². The van der Waals surface area contributed by atoms with Crippen molar-refractivity contribution in [2.75, 3.05) is 7.05 Å². The molecule has 0 heterocycles. The Morgan fingerprint density at radius 1 is 1.25 bits per heavy atom. The highest BCUT2D eigenvalue weighted by Gasteiger charge is 2.21. The summed E-state index contributed by atoms with van der Waals surface area (Å²) in [6.07, 6.45) is 9.16. The zero-order valence-electron chi connectivity index (χ0n) is 12.5. The van der Waals surface area contributed by atoms with Gasteiger partial charge in [0.25, 0.3) is 0 Å². The Morgan fingerprint density at radius 2 is 1.90 bits per heavy atom. The van der Waals surface area contributed by atoms with Crippen LogP contribution < -0.4 is 5.32 Å². The summed E-state index contributed by atoms with van der Waals surface area (Å²) in [5.74, 6) is 0.541. The van der Waals surface area contributed by atoms with Crippen molar-refractivity contribution in [3.05, 3.63) is 34.1 Å². The molecule has 1 aliphatic carbocycles. The Labute approximate surface area is 126 Å². The predicted octanol–water partition coefficient (Wildman–Crippen LogP) is 5.41. The second-order valence-corrected chi connectivity index (χ2v) is 6.46. The van der Waals surface area contributed by atoms with Gasteiger partial charge in [0.05, 0.1) is 0 Å². The molecule has 1 aliphatic rings. The summed E-state index contributed by atoms with van der Waals surface area (Å²) in [5.41, 5.74) is 1.71. The second kappa shape index (κ2) is 7.42. The average molecular weight is 298 g/mol. The first-order valence-electron chi connectivity index (χ1n) is 7.74. The minimum absolute atomic E-state index is 0.219. The van der Waals surface area contributed by atoms with Crippen LogP contribution in [0, 0.1) is 18.7 Å². The van der Waals surface area contributed by atoms with Crippen LogP contribution in [0.1, 0.15) is 62.1 Å².